The lowest BCUT2D eigenvalue weighted by molar-refractivity contribution is -0.119. The molecule has 9 heteroatoms. The van der Waals surface area contributed by atoms with Gasteiger partial charge in [0, 0.05) is 62.8 Å². The second-order valence-electron chi connectivity index (χ2n) is 9.26. The SMILES string of the molecule is CCN1C(=O)CC(CCOC)c2cc(-c3cc(NC(=O)c4ccnc(C(C)(F)F)c4)ccc3C)cnc21. The zero-order valence-corrected chi connectivity index (χ0v) is 21.3. The predicted octanol–water partition coefficient (Wildman–Crippen LogP) is 5.69. The number of hydrogen-bond donors (Lipinski definition) is 1. The summed E-state index contributed by atoms with van der Waals surface area (Å²) in [5.41, 5.74) is 3.85. The van der Waals surface area contributed by atoms with Gasteiger partial charge in [0.15, 0.2) is 0 Å². The minimum absolute atomic E-state index is 0.00142. The predicted molar refractivity (Wildman–Crippen MR) is 138 cm³/mol. The van der Waals surface area contributed by atoms with Gasteiger partial charge in [0.05, 0.1) is 0 Å². The van der Waals surface area contributed by atoms with Crippen LogP contribution in [0.4, 0.5) is 20.3 Å². The molecule has 1 N–H and O–H groups in total. The van der Waals surface area contributed by atoms with E-state index >= 15 is 0 Å². The maximum absolute atomic E-state index is 13.7. The Hall–Kier alpha value is -3.72. The number of nitrogens with one attached hydrogen (secondary N) is 1. The van der Waals surface area contributed by atoms with Crippen molar-refractivity contribution in [3.63, 3.8) is 0 Å². The maximum atomic E-state index is 13.7. The number of carbonyl (C=O) groups excluding carboxylic acids is 2. The van der Waals surface area contributed by atoms with Gasteiger partial charge in [-0.05, 0) is 73.2 Å². The van der Waals surface area contributed by atoms with Crippen LogP contribution in [0, 0.1) is 6.92 Å². The fraction of sp³-hybridized carbons (Fsp3) is 0.357. The monoisotopic (exact) mass is 508 g/mol. The lowest BCUT2D eigenvalue weighted by Crippen LogP contribution is -2.37. The highest BCUT2D eigenvalue weighted by Crippen LogP contribution is 2.39. The van der Waals surface area contributed by atoms with E-state index in [1.165, 1.54) is 12.3 Å². The smallest absolute Gasteiger partial charge is 0.286 e. The van der Waals surface area contributed by atoms with Crippen LogP contribution in [0.15, 0.2) is 48.8 Å². The number of rotatable bonds is 8. The summed E-state index contributed by atoms with van der Waals surface area (Å²) in [4.78, 5) is 35.5. The molecule has 1 aromatic carbocycles. The van der Waals surface area contributed by atoms with E-state index in [1.54, 1.807) is 24.3 Å². The summed E-state index contributed by atoms with van der Waals surface area (Å²) in [6.07, 6.45) is 4.04. The van der Waals surface area contributed by atoms with Crippen LogP contribution in [0.2, 0.25) is 0 Å². The number of methoxy groups -OCH3 is 1. The molecule has 0 saturated heterocycles. The van der Waals surface area contributed by atoms with E-state index in [2.05, 4.69) is 21.4 Å². The van der Waals surface area contributed by atoms with Crippen molar-refractivity contribution in [2.24, 2.45) is 0 Å². The van der Waals surface area contributed by atoms with Gasteiger partial charge in [0.25, 0.3) is 11.8 Å². The molecule has 37 heavy (non-hydrogen) atoms. The number of aryl methyl sites for hydroxylation is 1. The molecule has 7 nitrogen and oxygen atoms in total. The maximum Gasteiger partial charge on any atom is 0.286 e. The summed E-state index contributed by atoms with van der Waals surface area (Å²) < 4.78 is 32.6. The van der Waals surface area contributed by atoms with E-state index in [0.717, 1.165) is 35.2 Å². The van der Waals surface area contributed by atoms with Gasteiger partial charge in [-0.2, -0.15) is 8.78 Å². The summed E-state index contributed by atoms with van der Waals surface area (Å²) in [7, 11) is 1.64. The van der Waals surface area contributed by atoms with Gasteiger partial charge >= 0.3 is 0 Å². The fourth-order valence-corrected chi connectivity index (χ4v) is 4.57. The van der Waals surface area contributed by atoms with E-state index in [1.807, 2.05) is 26.0 Å². The van der Waals surface area contributed by atoms with Gasteiger partial charge in [-0.15, -0.1) is 0 Å². The fourth-order valence-electron chi connectivity index (χ4n) is 4.57. The van der Waals surface area contributed by atoms with Crippen molar-refractivity contribution in [3.8, 4) is 11.1 Å². The van der Waals surface area contributed by atoms with E-state index in [4.69, 9.17) is 4.74 Å². The van der Waals surface area contributed by atoms with Crippen molar-refractivity contribution in [1.29, 1.82) is 0 Å². The van der Waals surface area contributed by atoms with Crippen LogP contribution >= 0.6 is 0 Å². The molecule has 1 atom stereocenters. The Morgan fingerprint density at radius 1 is 1.22 bits per heavy atom. The molecule has 0 fully saturated rings. The second-order valence-corrected chi connectivity index (χ2v) is 9.26. The van der Waals surface area contributed by atoms with Crippen molar-refractivity contribution in [1.82, 2.24) is 9.97 Å². The van der Waals surface area contributed by atoms with E-state index in [9.17, 15) is 18.4 Å². The Bertz CT molecular complexity index is 1320. The summed E-state index contributed by atoms with van der Waals surface area (Å²) in [5.74, 6) is -2.93. The Balaban J connectivity index is 1.66. The number of carbonyl (C=O) groups is 2. The molecule has 0 aliphatic carbocycles. The Kier molecular flexibility index (Phi) is 7.63. The zero-order chi connectivity index (χ0) is 26.7. The molecule has 1 unspecified atom stereocenters. The molecule has 194 valence electrons. The lowest BCUT2D eigenvalue weighted by atomic mass is 9.87. The van der Waals surface area contributed by atoms with Gasteiger partial charge in [0.1, 0.15) is 11.5 Å². The van der Waals surface area contributed by atoms with Crippen molar-refractivity contribution in [3.05, 3.63) is 71.2 Å². The molecular formula is C28H30F2N4O3. The summed E-state index contributed by atoms with van der Waals surface area (Å²) in [6, 6.07) is 10.0. The number of anilines is 2. The molecule has 0 spiro atoms. The average Bonchev–Trinajstić information content (AvgIpc) is 2.87. The standard InChI is InChI=1S/C28H30F2N4O3/c1-5-34-25(35)14-18(9-11-37-4)23-12-20(16-32-26(23)34)22-15-21(7-6-17(22)2)33-27(36)19-8-10-31-24(13-19)28(3,29)30/h6-8,10,12-13,15-16,18H,5,9,11,14H2,1-4H3,(H,33,36). The number of benzene rings is 1. The molecule has 0 bridgehead atoms. The molecule has 1 aliphatic rings. The molecule has 2 aromatic heterocycles. The number of fused-ring (bicyclic) bond motifs is 1. The van der Waals surface area contributed by atoms with E-state index in [0.29, 0.717) is 37.5 Å². The van der Waals surface area contributed by atoms with Crippen LogP contribution in [-0.2, 0) is 15.5 Å². The third kappa shape index (κ3) is 5.67. The van der Waals surface area contributed by atoms with Crippen LogP contribution in [0.3, 0.4) is 0 Å². The van der Waals surface area contributed by atoms with Crippen LogP contribution in [0.25, 0.3) is 11.1 Å². The number of halogens is 2. The van der Waals surface area contributed by atoms with Gasteiger partial charge < -0.3 is 10.1 Å². The van der Waals surface area contributed by atoms with Crippen molar-refractivity contribution in [2.45, 2.75) is 45.5 Å². The number of hydrogen-bond acceptors (Lipinski definition) is 5. The highest BCUT2D eigenvalue weighted by Gasteiger charge is 2.32. The van der Waals surface area contributed by atoms with Crippen molar-refractivity contribution in [2.75, 3.05) is 30.5 Å². The number of ether oxygens (including phenoxy) is 1. The Morgan fingerprint density at radius 2 is 2.00 bits per heavy atom. The Morgan fingerprint density at radius 3 is 2.70 bits per heavy atom. The first-order valence-electron chi connectivity index (χ1n) is 12.2. The van der Waals surface area contributed by atoms with Crippen LogP contribution in [0.5, 0.6) is 0 Å². The number of aromatic nitrogens is 2. The van der Waals surface area contributed by atoms with Gasteiger partial charge in [-0.1, -0.05) is 6.07 Å². The highest BCUT2D eigenvalue weighted by molar-refractivity contribution is 6.04. The van der Waals surface area contributed by atoms with Crippen LogP contribution in [-0.4, -0.2) is 42.0 Å². The minimum Gasteiger partial charge on any atom is -0.385 e. The summed E-state index contributed by atoms with van der Waals surface area (Å²) in [5, 5.41) is 2.79. The van der Waals surface area contributed by atoms with E-state index in [-0.39, 0.29) is 17.4 Å². The third-order valence-corrected chi connectivity index (χ3v) is 6.58. The first-order chi connectivity index (χ1) is 17.6. The largest absolute Gasteiger partial charge is 0.385 e. The van der Waals surface area contributed by atoms with Crippen LogP contribution < -0.4 is 10.2 Å². The van der Waals surface area contributed by atoms with E-state index < -0.39 is 17.5 Å². The second kappa shape index (κ2) is 10.7. The average molecular weight is 509 g/mol. The minimum atomic E-state index is -3.15. The normalized spacial score (nSPS) is 15.5. The zero-order valence-electron chi connectivity index (χ0n) is 21.3. The highest BCUT2D eigenvalue weighted by atomic mass is 19.3. The first kappa shape index (κ1) is 26.3. The third-order valence-electron chi connectivity index (χ3n) is 6.58. The summed E-state index contributed by atoms with van der Waals surface area (Å²) >= 11 is 0. The number of pyridine rings is 2. The van der Waals surface area contributed by atoms with Gasteiger partial charge in [-0.25, -0.2) is 4.98 Å². The molecule has 3 heterocycles. The Labute approximate surface area is 214 Å². The quantitative estimate of drug-likeness (QED) is 0.422. The van der Waals surface area contributed by atoms with Crippen molar-refractivity contribution < 1.29 is 23.1 Å². The molecule has 2 amide bonds. The molecule has 0 saturated carbocycles. The first-order valence-corrected chi connectivity index (χ1v) is 12.2. The van der Waals surface area contributed by atoms with Gasteiger partial charge in [0.2, 0.25) is 5.91 Å². The molecule has 4 rings (SSSR count). The van der Waals surface area contributed by atoms with Gasteiger partial charge in [-0.3, -0.25) is 19.5 Å². The summed E-state index contributed by atoms with van der Waals surface area (Å²) in [6.45, 7) is 5.70. The number of nitrogens with zero attached hydrogens (tertiary/aromatic N) is 3. The topological polar surface area (TPSA) is 84.4 Å². The molecule has 0 radical (unpaired) electrons. The molecule has 1 aliphatic heterocycles. The molecular weight excluding hydrogens is 478 g/mol. The van der Waals surface area contributed by atoms with Crippen molar-refractivity contribution >= 4 is 23.3 Å². The lowest BCUT2D eigenvalue weighted by Gasteiger charge is -2.32. The number of alkyl halides is 2. The molecule has 3 aromatic rings. The van der Waals surface area contributed by atoms with Crippen LogP contribution in [0.1, 0.15) is 59.8 Å². The number of amides is 2.